The molecule has 0 bridgehead atoms. The third-order valence-electron chi connectivity index (χ3n) is 5.24. The van der Waals surface area contributed by atoms with Crippen molar-refractivity contribution in [2.75, 3.05) is 6.61 Å². The van der Waals surface area contributed by atoms with E-state index < -0.39 is 5.97 Å². The maximum absolute atomic E-state index is 12.8. The van der Waals surface area contributed by atoms with Gasteiger partial charge in [-0.05, 0) is 54.4 Å². The summed E-state index contributed by atoms with van der Waals surface area (Å²) in [5.74, 6) is -0.968. The molecule has 0 saturated carbocycles. The molecule has 1 aliphatic heterocycles. The van der Waals surface area contributed by atoms with Gasteiger partial charge in [0.15, 0.2) is 0 Å². The van der Waals surface area contributed by atoms with Gasteiger partial charge in [-0.1, -0.05) is 30.3 Å². The van der Waals surface area contributed by atoms with Gasteiger partial charge in [0.2, 0.25) is 0 Å². The molecule has 3 aromatic rings. The van der Waals surface area contributed by atoms with Crippen molar-refractivity contribution in [1.82, 2.24) is 4.90 Å². The molecule has 33 heavy (non-hydrogen) atoms. The van der Waals surface area contributed by atoms with Gasteiger partial charge >= 0.3 is 5.97 Å². The van der Waals surface area contributed by atoms with Gasteiger partial charge in [-0.25, -0.2) is 4.79 Å². The number of carbonyl (C=O) groups is 3. The van der Waals surface area contributed by atoms with Crippen molar-refractivity contribution in [3.63, 3.8) is 0 Å². The Hall–Kier alpha value is -4.44. The highest BCUT2D eigenvalue weighted by molar-refractivity contribution is 6.21. The van der Waals surface area contributed by atoms with Gasteiger partial charge in [0.05, 0.1) is 35.9 Å². The molecule has 0 fully saturated rings. The molecule has 0 radical (unpaired) electrons. The first kappa shape index (κ1) is 21.8. The maximum Gasteiger partial charge on any atom is 0.342 e. The van der Waals surface area contributed by atoms with Crippen molar-refractivity contribution in [2.45, 2.75) is 20.1 Å². The van der Waals surface area contributed by atoms with Crippen molar-refractivity contribution in [3.05, 3.63) is 100 Å². The van der Waals surface area contributed by atoms with E-state index in [-0.39, 0.29) is 30.5 Å². The number of hydrogen-bond donors (Lipinski definition) is 0. The number of amides is 2. The average molecular weight is 440 g/mol. The third kappa shape index (κ3) is 4.46. The zero-order chi connectivity index (χ0) is 23.4. The van der Waals surface area contributed by atoms with Crippen LogP contribution < -0.4 is 4.74 Å². The second-order valence-electron chi connectivity index (χ2n) is 7.39. The lowest BCUT2D eigenvalue weighted by atomic mass is 10.1. The van der Waals surface area contributed by atoms with E-state index in [9.17, 15) is 14.4 Å². The summed E-state index contributed by atoms with van der Waals surface area (Å²) in [6, 6.07) is 20.4. The zero-order valence-corrected chi connectivity index (χ0v) is 17.9. The molecule has 1 heterocycles. The number of esters is 1. The molecule has 2 amide bonds. The van der Waals surface area contributed by atoms with Crippen molar-refractivity contribution >= 4 is 17.8 Å². The van der Waals surface area contributed by atoms with Gasteiger partial charge in [-0.2, -0.15) is 5.26 Å². The average Bonchev–Trinajstić information content (AvgIpc) is 3.09. The molecule has 0 spiro atoms. The van der Waals surface area contributed by atoms with Crippen LogP contribution in [0.5, 0.6) is 5.75 Å². The Labute approximate surface area is 190 Å². The van der Waals surface area contributed by atoms with E-state index >= 15 is 0 Å². The molecule has 0 saturated heterocycles. The monoisotopic (exact) mass is 440 g/mol. The second kappa shape index (κ2) is 9.37. The summed E-state index contributed by atoms with van der Waals surface area (Å²) >= 11 is 0. The number of rotatable bonds is 7. The molecule has 0 aromatic heterocycles. The van der Waals surface area contributed by atoms with Gasteiger partial charge in [0.1, 0.15) is 17.9 Å². The number of hydrogen-bond acceptors (Lipinski definition) is 6. The van der Waals surface area contributed by atoms with Crippen molar-refractivity contribution in [1.29, 1.82) is 5.26 Å². The van der Waals surface area contributed by atoms with E-state index in [1.54, 1.807) is 73.7 Å². The number of benzene rings is 3. The Kier molecular flexibility index (Phi) is 6.18. The van der Waals surface area contributed by atoms with Crippen LogP contribution in [0, 0.1) is 11.3 Å². The van der Waals surface area contributed by atoms with E-state index in [1.165, 1.54) is 0 Å². The Balaban J connectivity index is 1.53. The Morgan fingerprint density at radius 2 is 1.58 bits per heavy atom. The minimum atomic E-state index is -0.591. The number of nitriles is 1. The normalized spacial score (nSPS) is 12.3. The molecule has 0 N–H and O–H groups in total. The van der Waals surface area contributed by atoms with Crippen LogP contribution in [-0.4, -0.2) is 29.3 Å². The summed E-state index contributed by atoms with van der Waals surface area (Å²) in [6.45, 7) is 2.21. The predicted octanol–water partition coefficient (Wildman–Crippen LogP) is 4.11. The van der Waals surface area contributed by atoms with E-state index in [4.69, 9.17) is 14.7 Å². The second-order valence-corrected chi connectivity index (χ2v) is 7.39. The van der Waals surface area contributed by atoms with E-state index in [2.05, 4.69) is 0 Å². The van der Waals surface area contributed by atoms with Gasteiger partial charge in [0, 0.05) is 0 Å². The molecule has 0 unspecified atom stereocenters. The van der Waals surface area contributed by atoms with Crippen LogP contribution in [-0.2, 0) is 17.9 Å². The standard InChI is InChI=1S/C26H20N2O5/c1-2-32-23-12-11-19(15-28-24(29)20-5-3-4-6-21(20)25(28)30)13-22(23)26(31)33-16-18-9-7-17(14-27)8-10-18/h3-13H,2,15-16H2,1H3. The number of nitrogens with zero attached hydrogens (tertiary/aromatic N) is 2. The Morgan fingerprint density at radius 1 is 0.939 bits per heavy atom. The lowest BCUT2D eigenvalue weighted by molar-refractivity contribution is 0.0468. The van der Waals surface area contributed by atoms with Gasteiger partial charge in [-0.15, -0.1) is 0 Å². The Morgan fingerprint density at radius 3 is 2.18 bits per heavy atom. The molecular formula is C26H20N2O5. The fourth-order valence-electron chi connectivity index (χ4n) is 3.58. The van der Waals surface area contributed by atoms with Gasteiger partial charge < -0.3 is 9.47 Å². The first-order chi connectivity index (χ1) is 16.0. The fraction of sp³-hybridized carbons (Fsp3) is 0.154. The van der Waals surface area contributed by atoms with Crippen LogP contribution in [0.25, 0.3) is 0 Å². The number of imide groups is 1. The molecule has 3 aromatic carbocycles. The van der Waals surface area contributed by atoms with Crippen molar-refractivity contribution < 1.29 is 23.9 Å². The van der Waals surface area contributed by atoms with Gasteiger partial charge in [0.25, 0.3) is 11.8 Å². The number of ether oxygens (including phenoxy) is 2. The largest absolute Gasteiger partial charge is 0.493 e. The quantitative estimate of drug-likeness (QED) is 0.405. The highest BCUT2D eigenvalue weighted by Gasteiger charge is 2.35. The van der Waals surface area contributed by atoms with Crippen LogP contribution in [0.1, 0.15) is 54.7 Å². The van der Waals surface area contributed by atoms with E-state index in [0.717, 1.165) is 10.5 Å². The molecule has 1 aliphatic rings. The smallest absolute Gasteiger partial charge is 0.342 e. The summed E-state index contributed by atoms with van der Waals surface area (Å²) in [5, 5.41) is 8.89. The van der Waals surface area contributed by atoms with Gasteiger partial charge in [-0.3, -0.25) is 14.5 Å². The highest BCUT2D eigenvalue weighted by atomic mass is 16.5. The van der Waals surface area contributed by atoms with Crippen LogP contribution >= 0.6 is 0 Å². The molecule has 4 rings (SSSR count). The van der Waals surface area contributed by atoms with Crippen LogP contribution in [0.4, 0.5) is 0 Å². The first-order valence-corrected chi connectivity index (χ1v) is 10.4. The number of fused-ring (bicyclic) bond motifs is 1. The van der Waals surface area contributed by atoms with E-state index in [1.807, 2.05) is 6.07 Å². The molecule has 0 atom stereocenters. The molecule has 164 valence electrons. The van der Waals surface area contributed by atoms with Crippen molar-refractivity contribution in [2.24, 2.45) is 0 Å². The summed E-state index contributed by atoms with van der Waals surface area (Å²) in [7, 11) is 0. The molecular weight excluding hydrogens is 420 g/mol. The number of carbonyl (C=O) groups excluding carboxylic acids is 3. The summed E-state index contributed by atoms with van der Waals surface area (Å²) in [6.07, 6.45) is 0. The van der Waals surface area contributed by atoms with Crippen LogP contribution in [0.3, 0.4) is 0 Å². The Bertz CT molecular complexity index is 1240. The zero-order valence-electron chi connectivity index (χ0n) is 17.9. The highest BCUT2D eigenvalue weighted by Crippen LogP contribution is 2.27. The summed E-state index contributed by atoms with van der Waals surface area (Å²) in [4.78, 5) is 39.3. The first-order valence-electron chi connectivity index (χ1n) is 10.4. The minimum absolute atomic E-state index is 0.0225. The maximum atomic E-state index is 12.8. The topological polar surface area (TPSA) is 96.7 Å². The minimum Gasteiger partial charge on any atom is -0.493 e. The molecule has 7 nitrogen and oxygen atoms in total. The lowest BCUT2D eigenvalue weighted by Crippen LogP contribution is -2.29. The van der Waals surface area contributed by atoms with Crippen molar-refractivity contribution in [3.8, 4) is 11.8 Å². The molecule has 7 heteroatoms. The lowest BCUT2D eigenvalue weighted by Gasteiger charge is -2.16. The predicted molar refractivity (Wildman–Crippen MR) is 119 cm³/mol. The van der Waals surface area contributed by atoms with E-state index in [0.29, 0.717) is 34.6 Å². The van der Waals surface area contributed by atoms with Crippen LogP contribution in [0.2, 0.25) is 0 Å². The van der Waals surface area contributed by atoms with Crippen LogP contribution in [0.15, 0.2) is 66.7 Å². The third-order valence-corrected chi connectivity index (χ3v) is 5.24. The fourth-order valence-corrected chi connectivity index (χ4v) is 3.58. The SMILES string of the molecule is CCOc1ccc(CN2C(=O)c3ccccc3C2=O)cc1C(=O)OCc1ccc(C#N)cc1. The molecule has 0 aliphatic carbocycles. The summed E-state index contributed by atoms with van der Waals surface area (Å²) < 4.78 is 11.0. The summed E-state index contributed by atoms with van der Waals surface area (Å²) in [5.41, 5.74) is 2.80.